The molecular weight excluding hydrogens is 490 g/mol. The van der Waals surface area contributed by atoms with Crippen LogP contribution in [-0.4, -0.2) is 68.0 Å². The first kappa shape index (κ1) is 27.4. The Balaban J connectivity index is 1.50. The number of fused-ring (bicyclic) bond motifs is 1. The molecule has 1 saturated carbocycles. The zero-order valence-electron chi connectivity index (χ0n) is 22.3. The molecule has 0 spiro atoms. The third-order valence-electron chi connectivity index (χ3n) is 7.32. The number of likely N-dealkylation sites (tertiary alicyclic amines) is 1. The smallest absolute Gasteiger partial charge is 0.410 e. The van der Waals surface area contributed by atoms with Gasteiger partial charge in [-0.15, -0.1) is 0 Å². The maximum absolute atomic E-state index is 13.5. The number of ether oxygens (including phenoxy) is 1. The number of carbonyl (C=O) groups is 2. The second-order valence-electron chi connectivity index (χ2n) is 11.2. The fourth-order valence-electron chi connectivity index (χ4n) is 5.31. The van der Waals surface area contributed by atoms with E-state index in [4.69, 9.17) is 4.74 Å². The van der Waals surface area contributed by atoms with Gasteiger partial charge in [-0.05, 0) is 64.0 Å². The monoisotopic (exact) mass is 529 g/mol. The van der Waals surface area contributed by atoms with E-state index in [9.17, 15) is 18.0 Å². The summed E-state index contributed by atoms with van der Waals surface area (Å²) < 4.78 is 35.2. The molecule has 2 aliphatic rings. The van der Waals surface area contributed by atoms with E-state index < -0.39 is 15.6 Å². The van der Waals surface area contributed by atoms with Gasteiger partial charge in [-0.2, -0.15) is 0 Å². The molecule has 0 aromatic heterocycles. The van der Waals surface area contributed by atoms with Gasteiger partial charge >= 0.3 is 6.09 Å². The van der Waals surface area contributed by atoms with Crippen LogP contribution in [0.4, 0.5) is 4.79 Å². The summed E-state index contributed by atoms with van der Waals surface area (Å²) in [5.41, 5.74) is -0.0525. The van der Waals surface area contributed by atoms with Gasteiger partial charge in [0, 0.05) is 43.2 Å². The third-order valence-corrected chi connectivity index (χ3v) is 8.89. The average molecular weight is 530 g/mol. The molecule has 1 heterocycles. The second kappa shape index (κ2) is 11.0. The molecule has 8 nitrogen and oxygen atoms in total. The molecule has 0 radical (unpaired) electrons. The fraction of sp³-hybridized carbons (Fsp3) is 0.571. The van der Waals surface area contributed by atoms with Gasteiger partial charge in [0.25, 0.3) is 5.91 Å². The molecule has 0 atom stereocenters. The highest BCUT2D eigenvalue weighted by atomic mass is 32.2. The zero-order chi connectivity index (χ0) is 26.8. The molecule has 2 fully saturated rings. The van der Waals surface area contributed by atoms with E-state index in [2.05, 4.69) is 4.72 Å². The highest BCUT2D eigenvalue weighted by Gasteiger charge is 2.31. The normalized spacial score (nSPS) is 18.1. The van der Waals surface area contributed by atoms with Crippen molar-refractivity contribution in [3.8, 4) is 0 Å². The maximum Gasteiger partial charge on any atom is 0.410 e. The molecule has 0 bridgehead atoms. The quantitative estimate of drug-likeness (QED) is 0.593. The van der Waals surface area contributed by atoms with Crippen molar-refractivity contribution in [2.75, 3.05) is 20.1 Å². The van der Waals surface area contributed by atoms with Gasteiger partial charge in [0.1, 0.15) is 5.60 Å². The van der Waals surface area contributed by atoms with Crippen molar-refractivity contribution in [1.29, 1.82) is 0 Å². The van der Waals surface area contributed by atoms with E-state index in [0.717, 1.165) is 25.7 Å². The highest BCUT2D eigenvalue weighted by molar-refractivity contribution is 7.89. The van der Waals surface area contributed by atoms with Crippen molar-refractivity contribution in [2.45, 2.75) is 88.3 Å². The Kier molecular flexibility index (Phi) is 8.14. The molecule has 9 heteroatoms. The lowest BCUT2D eigenvalue weighted by atomic mass is 9.93. The van der Waals surface area contributed by atoms with Crippen LogP contribution in [0.3, 0.4) is 0 Å². The number of amides is 2. The first-order valence-electron chi connectivity index (χ1n) is 13.3. The number of nitrogens with zero attached hydrogens (tertiary/aromatic N) is 2. The molecule has 1 aliphatic carbocycles. The number of hydrogen-bond donors (Lipinski definition) is 1. The molecule has 2 aromatic rings. The summed E-state index contributed by atoms with van der Waals surface area (Å²) in [5.74, 6) is -0.0745. The number of rotatable bonds is 5. The van der Waals surface area contributed by atoms with Crippen LogP contribution < -0.4 is 4.72 Å². The van der Waals surface area contributed by atoms with E-state index in [1.807, 2.05) is 44.9 Å². The molecule has 0 unspecified atom stereocenters. The first-order valence-corrected chi connectivity index (χ1v) is 14.7. The van der Waals surface area contributed by atoms with Gasteiger partial charge in [0.2, 0.25) is 10.0 Å². The van der Waals surface area contributed by atoms with Gasteiger partial charge in [-0.25, -0.2) is 17.9 Å². The van der Waals surface area contributed by atoms with Gasteiger partial charge in [-0.3, -0.25) is 4.79 Å². The van der Waals surface area contributed by atoms with Crippen LogP contribution in [0.5, 0.6) is 0 Å². The lowest BCUT2D eigenvalue weighted by molar-refractivity contribution is 0.0203. The number of sulfonamides is 1. The molecule has 37 heavy (non-hydrogen) atoms. The number of piperidine rings is 1. The Morgan fingerprint density at radius 1 is 0.946 bits per heavy atom. The molecule has 2 amide bonds. The largest absolute Gasteiger partial charge is 0.444 e. The van der Waals surface area contributed by atoms with Crippen molar-refractivity contribution in [3.63, 3.8) is 0 Å². The summed E-state index contributed by atoms with van der Waals surface area (Å²) in [4.78, 5) is 29.4. The number of nitrogens with one attached hydrogen (secondary N) is 1. The Bertz CT molecular complexity index is 1240. The van der Waals surface area contributed by atoms with Crippen LogP contribution in [0.15, 0.2) is 41.3 Å². The van der Waals surface area contributed by atoms with E-state index in [0.29, 0.717) is 42.3 Å². The summed E-state index contributed by atoms with van der Waals surface area (Å²) in [5, 5.41) is 1.17. The summed E-state index contributed by atoms with van der Waals surface area (Å²) in [6, 6.07) is 10.3. The molecule has 4 rings (SSSR count). The van der Waals surface area contributed by atoms with Crippen molar-refractivity contribution in [2.24, 2.45) is 0 Å². The Hall–Kier alpha value is -2.65. The van der Waals surface area contributed by atoms with Gasteiger partial charge in [0.15, 0.2) is 0 Å². The van der Waals surface area contributed by atoms with Crippen LogP contribution in [-0.2, 0) is 14.8 Å². The zero-order valence-corrected chi connectivity index (χ0v) is 23.1. The predicted molar refractivity (Wildman–Crippen MR) is 144 cm³/mol. The van der Waals surface area contributed by atoms with E-state index in [1.165, 1.54) is 6.42 Å². The second-order valence-corrected chi connectivity index (χ2v) is 12.9. The predicted octanol–water partition coefficient (Wildman–Crippen LogP) is 4.92. The molecular formula is C28H39N3O5S. The molecule has 2 aromatic carbocycles. The van der Waals surface area contributed by atoms with Crippen molar-refractivity contribution in [1.82, 2.24) is 14.5 Å². The summed E-state index contributed by atoms with van der Waals surface area (Å²) in [7, 11) is -2.00. The van der Waals surface area contributed by atoms with Gasteiger partial charge in [-0.1, -0.05) is 43.5 Å². The SMILES string of the molecule is CN(C(=O)c1ccc(S(=O)(=O)NC2CCN(C(=O)OC(C)(C)C)CC2)c2ccccc12)C1CCCCC1. The van der Waals surface area contributed by atoms with Gasteiger partial charge in [0.05, 0.1) is 4.90 Å². The maximum atomic E-state index is 13.5. The van der Waals surface area contributed by atoms with Crippen molar-refractivity contribution in [3.05, 3.63) is 42.0 Å². The molecule has 1 N–H and O–H groups in total. The summed E-state index contributed by atoms with van der Waals surface area (Å²) >= 11 is 0. The Morgan fingerprint density at radius 3 is 2.19 bits per heavy atom. The van der Waals surface area contributed by atoms with E-state index >= 15 is 0 Å². The van der Waals surface area contributed by atoms with Crippen LogP contribution >= 0.6 is 0 Å². The fourth-order valence-corrected chi connectivity index (χ4v) is 6.82. The third kappa shape index (κ3) is 6.44. The Labute approximate surface area is 220 Å². The van der Waals surface area contributed by atoms with Crippen LogP contribution in [0.25, 0.3) is 10.8 Å². The number of hydrogen-bond acceptors (Lipinski definition) is 5. The van der Waals surface area contributed by atoms with Crippen LogP contribution in [0.1, 0.15) is 76.1 Å². The molecule has 202 valence electrons. The average Bonchev–Trinajstić information content (AvgIpc) is 2.87. The molecule has 1 saturated heterocycles. The van der Waals surface area contributed by atoms with E-state index in [1.54, 1.807) is 29.2 Å². The minimum atomic E-state index is -3.85. The van der Waals surface area contributed by atoms with Crippen molar-refractivity contribution < 1.29 is 22.7 Å². The molecule has 1 aliphatic heterocycles. The Morgan fingerprint density at radius 2 is 1.57 bits per heavy atom. The van der Waals surface area contributed by atoms with Gasteiger partial charge < -0.3 is 14.5 Å². The lowest BCUT2D eigenvalue weighted by Gasteiger charge is -2.33. The summed E-state index contributed by atoms with van der Waals surface area (Å²) in [6.07, 6.45) is 6.09. The first-order chi connectivity index (χ1) is 17.5. The minimum Gasteiger partial charge on any atom is -0.444 e. The topological polar surface area (TPSA) is 96.0 Å². The highest BCUT2D eigenvalue weighted by Crippen LogP contribution is 2.30. The van der Waals surface area contributed by atoms with Crippen LogP contribution in [0, 0.1) is 0 Å². The summed E-state index contributed by atoms with van der Waals surface area (Å²) in [6.45, 7) is 6.31. The number of carbonyl (C=O) groups excluding carboxylic acids is 2. The lowest BCUT2D eigenvalue weighted by Crippen LogP contribution is -2.47. The standard InChI is InChI=1S/C28H39N3O5S/c1-28(2,3)36-27(33)31-18-16-20(17-19-31)29-37(34,35)25-15-14-24(22-12-8-9-13-23(22)25)26(32)30(4)21-10-6-5-7-11-21/h8-9,12-15,20-21,29H,5-7,10-11,16-19H2,1-4H3. The van der Waals surface area contributed by atoms with Crippen LogP contribution in [0.2, 0.25) is 0 Å². The van der Waals surface area contributed by atoms with Crippen molar-refractivity contribution >= 4 is 32.8 Å². The van der Waals surface area contributed by atoms with E-state index in [-0.39, 0.29) is 29.0 Å². The number of benzene rings is 2. The minimum absolute atomic E-state index is 0.0745.